The van der Waals surface area contributed by atoms with Gasteiger partial charge in [-0.1, -0.05) is 6.07 Å². The fraction of sp³-hybridized carbons (Fsp3) is 0.125. The van der Waals surface area contributed by atoms with Crippen LogP contribution >= 0.6 is 0 Å². The zero-order valence-electron chi connectivity index (χ0n) is 17.0. The monoisotopic (exact) mass is 416 g/mol. The van der Waals surface area contributed by atoms with Crippen LogP contribution in [-0.4, -0.2) is 24.3 Å². The molecule has 0 saturated heterocycles. The molecule has 0 aromatic heterocycles. The quantitative estimate of drug-likeness (QED) is 0.593. The minimum atomic E-state index is -0.438. The molecule has 0 aliphatic carbocycles. The third-order valence-electron chi connectivity index (χ3n) is 4.93. The summed E-state index contributed by atoms with van der Waals surface area (Å²) in [6.07, 6.45) is 0. The summed E-state index contributed by atoms with van der Waals surface area (Å²) in [5.74, 6) is 0.476. The van der Waals surface area contributed by atoms with E-state index in [0.717, 1.165) is 11.1 Å². The maximum atomic E-state index is 12.1. The number of carbonyl (C=O) groups excluding carboxylic acids is 3. The summed E-state index contributed by atoms with van der Waals surface area (Å²) in [6.45, 7) is 3.90. The van der Waals surface area contributed by atoms with Crippen LogP contribution in [-0.2, 0) is 4.79 Å². The zero-order chi connectivity index (χ0) is 22.0. The van der Waals surface area contributed by atoms with Gasteiger partial charge in [-0.05, 0) is 79.6 Å². The van der Waals surface area contributed by atoms with Gasteiger partial charge in [0, 0.05) is 5.69 Å². The second kappa shape index (κ2) is 8.31. The maximum absolute atomic E-state index is 12.1. The molecule has 3 aromatic rings. The van der Waals surface area contributed by atoms with Gasteiger partial charge in [-0.15, -0.1) is 0 Å². The molecule has 2 N–H and O–H groups in total. The van der Waals surface area contributed by atoms with E-state index < -0.39 is 11.8 Å². The smallest absolute Gasteiger partial charge is 0.262 e. The molecule has 0 radical (unpaired) electrons. The molecular formula is C24H20N2O5. The van der Waals surface area contributed by atoms with Gasteiger partial charge < -0.3 is 14.8 Å². The van der Waals surface area contributed by atoms with Crippen LogP contribution in [0.3, 0.4) is 0 Å². The Morgan fingerprint density at radius 1 is 0.806 bits per heavy atom. The number of fused-ring (bicyclic) bond motifs is 1. The summed E-state index contributed by atoms with van der Waals surface area (Å²) in [5.41, 5.74) is 3.48. The molecule has 0 spiro atoms. The predicted octanol–water partition coefficient (Wildman–Crippen LogP) is 4.00. The number of hydrogen-bond acceptors (Lipinski definition) is 5. The van der Waals surface area contributed by atoms with Crippen molar-refractivity contribution in [3.05, 3.63) is 82.9 Å². The number of hydrogen-bond donors (Lipinski definition) is 2. The summed E-state index contributed by atoms with van der Waals surface area (Å²) >= 11 is 0. The lowest BCUT2D eigenvalue weighted by atomic mass is 10.1. The minimum absolute atomic E-state index is 0.101. The molecule has 3 aromatic carbocycles. The van der Waals surface area contributed by atoms with Gasteiger partial charge in [0.15, 0.2) is 6.61 Å². The topological polar surface area (TPSA) is 93.7 Å². The van der Waals surface area contributed by atoms with E-state index in [9.17, 15) is 14.4 Å². The van der Waals surface area contributed by atoms with E-state index in [1.54, 1.807) is 36.4 Å². The number of amides is 3. The van der Waals surface area contributed by atoms with E-state index in [0.29, 0.717) is 28.5 Å². The normalized spacial score (nSPS) is 12.2. The molecule has 0 unspecified atom stereocenters. The van der Waals surface area contributed by atoms with E-state index in [4.69, 9.17) is 9.47 Å². The van der Waals surface area contributed by atoms with Crippen molar-refractivity contribution in [1.82, 2.24) is 5.32 Å². The molecule has 3 amide bonds. The molecule has 1 heterocycles. The van der Waals surface area contributed by atoms with Crippen LogP contribution in [0.2, 0.25) is 0 Å². The van der Waals surface area contributed by atoms with Crippen LogP contribution in [0.15, 0.2) is 60.7 Å². The third-order valence-corrected chi connectivity index (χ3v) is 4.93. The first kappa shape index (κ1) is 20.2. The van der Waals surface area contributed by atoms with Crippen LogP contribution in [0.1, 0.15) is 31.8 Å². The molecule has 31 heavy (non-hydrogen) atoms. The third kappa shape index (κ3) is 4.56. The lowest BCUT2D eigenvalue weighted by Gasteiger charge is -2.10. The van der Waals surface area contributed by atoms with Gasteiger partial charge in [-0.3, -0.25) is 19.7 Å². The molecule has 7 nitrogen and oxygen atoms in total. The van der Waals surface area contributed by atoms with Crippen molar-refractivity contribution in [2.45, 2.75) is 13.8 Å². The largest absolute Gasteiger partial charge is 0.484 e. The minimum Gasteiger partial charge on any atom is -0.484 e. The molecule has 0 atom stereocenters. The van der Waals surface area contributed by atoms with Gasteiger partial charge in [0.05, 0.1) is 11.1 Å². The summed E-state index contributed by atoms with van der Waals surface area (Å²) in [7, 11) is 0. The van der Waals surface area contributed by atoms with Crippen LogP contribution in [0.5, 0.6) is 17.2 Å². The van der Waals surface area contributed by atoms with Crippen molar-refractivity contribution in [2.75, 3.05) is 11.9 Å². The van der Waals surface area contributed by atoms with Crippen molar-refractivity contribution in [3.8, 4) is 17.2 Å². The van der Waals surface area contributed by atoms with Crippen molar-refractivity contribution in [3.63, 3.8) is 0 Å². The highest BCUT2D eigenvalue weighted by molar-refractivity contribution is 6.21. The number of benzene rings is 3. The standard InChI is InChI=1S/C24H20N2O5/c1-14-3-6-18(11-15(14)2)30-13-22(27)25-16-4-7-17(8-5-16)31-19-9-10-20-21(12-19)24(29)26-23(20)28/h3-12H,13H2,1-2H3,(H,25,27)(H,26,28,29). The fourth-order valence-corrected chi connectivity index (χ4v) is 3.10. The number of rotatable bonds is 6. The van der Waals surface area contributed by atoms with Crippen LogP contribution in [0.4, 0.5) is 5.69 Å². The van der Waals surface area contributed by atoms with Crippen molar-refractivity contribution in [2.24, 2.45) is 0 Å². The first-order valence-electron chi connectivity index (χ1n) is 9.66. The van der Waals surface area contributed by atoms with Gasteiger partial charge in [0.25, 0.3) is 17.7 Å². The summed E-state index contributed by atoms with van der Waals surface area (Å²) < 4.78 is 11.3. The Morgan fingerprint density at radius 2 is 1.48 bits per heavy atom. The average Bonchev–Trinajstić information content (AvgIpc) is 3.03. The van der Waals surface area contributed by atoms with Gasteiger partial charge in [-0.2, -0.15) is 0 Å². The SMILES string of the molecule is Cc1ccc(OCC(=O)Nc2ccc(Oc3ccc4c(c3)C(=O)NC4=O)cc2)cc1C. The summed E-state index contributed by atoms with van der Waals surface area (Å²) in [6, 6.07) is 17.2. The Morgan fingerprint density at radius 3 is 2.23 bits per heavy atom. The Balaban J connectivity index is 1.33. The number of anilines is 1. The summed E-state index contributed by atoms with van der Waals surface area (Å²) in [5, 5.41) is 5.00. The number of aryl methyl sites for hydroxylation is 2. The second-order valence-electron chi connectivity index (χ2n) is 7.20. The first-order valence-corrected chi connectivity index (χ1v) is 9.66. The molecule has 156 valence electrons. The Bertz CT molecular complexity index is 1190. The lowest BCUT2D eigenvalue weighted by molar-refractivity contribution is -0.118. The van der Waals surface area contributed by atoms with E-state index in [2.05, 4.69) is 10.6 Å². The summed E-state index contributed by atoms with van der Waals surface area (Å²) in [4.78, 5) is 35.5. The van der Waals surface area contributed by atoms with Crippen molar-refractivity contribution >= 4 is 23.4 Å². The molecule has 1 aliphatic rings. The zero-order valence-corrected chi connectivity index (χ0v) is 17.0. The maximum Gasteiger partial charge on any atom is 0.262 e. The number of imide groups is 1. The van der Waals surface area contributed by atoms with Gasteiger partial charge >= 0.3 is 0 Å². The first-order chi connectivity index (χ1) is 14.9. The van der Waals surface area contributed by atoms with E-state index in [1.165, 1.54) is 6.07 Å². The Kier molecular flexibility index (Phi) is 5.41. The number of ether oxygens (including phenoxy) is 2. The average molecular weight is 416 g/mol. The number of nitrogens with one attached hydrogen (secondary N) is 2. The fourth-order valence-electron chi connectivity index (χ4n) is 3.10. The number of carbonyl (C=O) groups is 3. The molecule has 0 saturated carbocycles. The van der Waals surface area contributed by atoms with Crippen molar-refractivity contribution in [1.29, 1.82) is 0 Å². The molecular weight excluding hydrogens is 396 g/mol. The lowest BCUT2D eigenvalue weighted by Crippen LogP contribution is -2.20. The van der Waals surface area contributed by atoms with Gasteiger partial charge in [0.1, 0.15) is 17.2 Å². The molecule has 1 aliphatic heterocycles. The highest BCUT2D eigenvalue weighted by Gasteiger charge is 2.26. The predicted molar refractivity (Wildman–Crippen MR) is 115 cm³/mol. The highest BCUT2D eigenvalue weighted by atomic mass is 16.5. The van der Waals surface area contributed by atoms with Gasteiger partial charge in [0.2, 0.25) is 0 Å². The van der Waals surface area contributed by atoms with E-state index >= 15 is 0 Å². The highest BCUT2D eigenvalue weighted by Crippen LogP contribution is 2.27. The molecule has 0 bridgehead atoms. The Hall–Kier alpha value is -4.13. The van der Waals surface area contributed by atoms with Crippen molar-refractivity contribution < 1.29 is 23.9 Å². The molecule has 0 fully saturated rings. The van der Waals surface area contributed by atoms with E-state index in [1.807, 2.05) is 32.0 Å². The van der Waals surface area contributed by atoms with Crippen LogP contribution in [0, 0.1) is 13.8 Å². The molecule has 4 rings (SSSR count). The van der Waals surface area contributed by atoms with Crippen LogP contribution in [0.25, 0.3) is 0 Å². The van der Waals surface area contributed by atoms with E-state index in [-0.39, 0.29) is 18.1 Å². The second-order valence-corrected chi connectivity index (χ2v) is 7.20. The Labute approximate surface area is 179 Å². The molecule has 7 heteroatoms. The van der Waals surface area contributed by atoms with Gasteiger partial charge in [-0.25, -0.2) is 0 Å². The van der Waals surface area contributed by atoms with Crippen LogP contribution < -0.4 is 20.1 Å².